The lowest BCUT2D eigenvalue weighted by Crippen LogP contribution is -2.47. The number of carbonyl (C=O) groups excluding carboxylic acids is 2. The first-order valence-corrected chi connectivity index (χ1v) is 7.96. The third kappa shape index (κ3) is 2.95. The molecule has 3 rings (SSSR count). The van der Waals surface area contributed by atoms with Crippen molar-refractivity contribution < 1.29 is 9.59 Å². The van der Waals surface area contributed by atoms with Gasteiger partial charge in [0.1, 0.15) is 6.04 Å². The van der Waals surface area contributed by atoms with Crippen LogP contribution in [-0.2, 0) is 16.1 Å². The van der Waals surface area contributed by atoms with Crippen molar-refractivity contribution in [2.75, 3.05) is 11.6 Å². The van der Waals surface area contributed by atoms with E-state index < -0.39 is 0 Å². The highest BCUT2D eigenvalue weighted by Crippen LogP contribution is 2.34. The van der Waals surface area contributed by atoms with E-state index in [2.05, 4.69) is 10.3 Å². The monoisotopic (exact) mass is 291 g/mol. The first-order chi connectivity index (χ1) is 9.75. The molecule has 6 heteroatoms. The molecule has 1 aliphatic heterocycles. The molecule has 1 atom stereocenters. The second-order valence-corrected chi connectivity index (χ2v) is 6.18. The number of rotatable bonds is 4. The highest BCUT2D eigenvalue weighted by Gasteiger charge is 2.41. The minimum absolute atomic E-state index is 0.0622. The second kappa shape index (κ2) is 5.83. The zero-order chi connectivity index (χ0) is 13.9. The number of nitrogens with one attached hydrogen (secondary N) is 1. The molecule has 1 aromatic rings. The summed E-state index contributed by atoms with van der Waals surface area (Å²) in [5.74, 6) is 1.59. The predicted molar refractivity (Wildman–Crippen MR) is 76.8 cm³/mol. The van der Waals surface area contributed by atoms with Crippen molar-refractivity contribution in [2.24, 2.45) is 5.92 Å². The van der Waals surface area contributed by atoms with Crippen LogP contribution in [0.1, 0.15) is 18.4 Å². The minimum atomic E-state index is -0.315. The van der Waals surface area contributed by atoms with Crippen molar-refractivity contribution in [2.45, 2.75) is 25.4 Å². The molecule has 2 fully saturated rings. The molecule has 0 spiro atoms. The maximum absolute atomic E-state index is 12.2. The van der Waals surface area contributed by atoms with Crippen LogP contribution in [0.3, 0.4) is 0 Å². The molecule has 20 heavy (non-hydrogen) atoms. The van der Waals surface area contributed by atoms with Crippen molar-refractivity contribution in [3.63, 3.8) is 0 Å². The Kier molecular flexibility index (Phi) is 3.91. The van der Waals surface area contributed by atoms with Crippen LogP contribution in [-0.4, -0.2) is 39.4 Å². The molecule has 1 aliphatic carbocycles. The molecule has 0 bridgehead atoms. The molecule has 2 aliphatic rings. The normalized spacial score (nSPS) is 21.8. The lowest BCUT2D eigenvalue weighted by molar-refractivity contribution is -0.139. The number of amides is 2. The van der Waals surface area contributed by atoms with Crippen molar-refractivity contribution in [3.05, 3.63) is 30.1 Å². The van der Waals surface area contributed by atoms with Crippen LogP contribution in [0.2, 0.25) is 0 Å². The van der Waals surface area contributed by atoms with E-state index in [-0.39, 0.29) is 23.8 Å². The SMILES string of the molecule is O=C(NCc1cccnc1)C1CSCN1C(=O)C1CC1. The van der Waals surface area contributed by atoms with Gasteiger partial charge < -0.3 is 10.2 Å². The Morgan fingerprint density at radius 3 is 3.00 bits per heavy atom. The first-order valence-electron chi connectivity index (χ1n) is 6.80. The van der Waals surface area contributed by atoms with Gasteiger partial charge in [-0.2, -0.15) is 0 Å². The Hall–Kier alpha value is -1.56. The summed E-state index contributed by atoms with van der Waals surface area (Å²) >= 11 is 1.65. The Morgan fingerprint density at radius 2 is 2.30 bits per heavy atom. The van der Waals surface area contributed by atoms with E-state index in [1.165, 1.54) is 0 Å². The van der Waals surface area contributed by atoms with Gasteiger partial charge in [-0.3, -0.25) is 14.6 Å². The highest BCUT2D eigenvalue weighted by atomic mass is 32.2. The molecule has 1 N–H and O–H groups in total. The van der Waals surface area contributed by atoms with Crippen molar-refractivity contribution >= 4 is 23.6 Å². The molecular formula is C14H17N3O2S. The number of hydrogen-bond donors (Lipinski definition) is 1. The summed E-state index contributed by atoms with van der Waals surface area (Å²) in [4.78, 5) is 30.1. The van der Waals surface area contributed by atoms with Gasteiger partial charge in [0, 0.05) is 30.6 Å². The topological polar surface area (TPSA) is 62.3 Å². The second-order valence-electron chi connectivity index (χ2n) is 5.18. The number of nitrogens with zero attached hydrogens (tertiary/aromatic N) is 2. The van der Waals surface area contributed by atoms with Crippen LogP contribution in [0.5, 0.6) is 0 Å². The quantitative estimate of drug-likeness (QED) is 0.899. The zero-order valence-corrected chi connectivity index (χ0v) is 11.9. The number of thioether (sulfide) groups is 1. The summed E-state index contributed by atoms with van der Waals surface area (Å²) in [6, 6.07) is 3.45. The van der Waals surface area contributed by atoms with Gasteiger partial charge >= 0.3 is 0 Å². The van der Waals surface area contributed by atoms with Crippen LogP contribution in [0.15, 0.2) is 24.5 Å². The summed E-state index contributed by atoms with van der Waals surface area (Å²) in [7, 11) is 0. The summed E-state index contributed by atoms with van der Waals surface area (Å²) < 4.78 is 0. The van der Waals surface area contributed by atoms with Gasteiger partial charge in [-0.25, -0.2) is 0 Å². The maximum atomic E-state index is 12.2. The summed E-state index contributed by atoms with van der Waals surface area (Å²) in [5.41, 5.74) is 0.964. The number of aromatic nitrogens is 1. The van der Waals surface area contributed by atoms with Crippen LogP contribution < -0.4 is 5.32 Å². The smallest absolute Gasteiger partial charge is 0.243 e. The van der Waals surface area contributed by atoms with E-state index in [4.69, 9.17) is 0 Å². The fraction of sp³-hybridized carbons (Fsp3) is 0.500. The summed E-state index contributed by atoms with van der Waals surface area (Å²) in [6.45, 7) is 0.458. The van der Waals surface area contributed by atoms with Gasteiger partial charge in [-0.1, -0.05) is 6.07 Å². The van der Waals surface area contributed by atoms with E-state index in [0.29, 0.717) is 18.2 Å². The first kappa shape index (κ1) is 13.4. The van der Waals surface area contributed by atoms with Gasteiger partial charge in [0.05, 0.1) is 5.88 Å². The lowest BCUT2D eigenvalue weighted by Gasteiger charge is -2.23. The van der Waals surface area contributed by atoms with Gasteiger partial charge in [0.2, 0.25) is 11.8 Å². The molecule has 2 amide bonds. The summed E-state index contributed by atoms with van der Waals surface area (Å²) in [5, 5.41) is 2.90. The third-order valence-corrected chi connectivity index (χ3v) is 4.60. The van der Waals surface area contributed by atoms with Gasteiger partial charge in [-0.15, -0.1) is 11.8 Å². The summed E-state index contributed by atoms with van der Waals surface area (Å²) in [6.07, 6.45) is 5.39. The van der Waals surface area contributed by atoms with E-state index in [1.807, 2.05) is 12.1 Å². The fourth-order valence-electron chi connectivity index (χ4n) is 2.25. The average Bonchev–Trinajstić information content (AvgIpc) is 3.22. The number of carbonyl (C=O) groups is 2. The lowest BCUT2D eigenvalue weighted by atomic mass is 10.2. The molecule has 1 saturated carbocycles. The zero-order valence-electron chi connectivity index (χ0n) is 11.1. The molecule has 2 heterocycles. The Balaban J connectivity index is 1.57. The molecule has 1 saturated heterocycles. The largest absolute Gasteiger partial charge is 0.350 e. The molecule has 5 nitrogen and oxygen atoms in total. The molecular weight excluding hydrogens is 274 g/mol. The maximum Gasteiger partial charge on any atom is 0.243 e. The van der Waals surface area contributed by atoms with E-state index in [0.717, 1.165) is 18.4 Å². The van der Waals surface area contributed by atoms with Crippen molar-refractivity contribution in [3.8, 4) is 0 Å². The van der Waals surface area contributed by atoms with Gasteiger partial charge in [0.15, 0.2) is 0 Å². The highest BCUT2D eigenvalue weighted by molar-refractivity contribution is 7.99. The van der Waals surface area contributed by atoms with Crippen molar-refractivity contribution in [1.29, 1.82) is 0 Å². The standard InChI is InChI=1S/C14H17N3O2S/c18-13(16-7-10-2-1-5-15-6-10)12-8-20-9-17(12)14(19)11-3-4-11/h1-2,5-6,11-12H,3-4,7-9H2,(H,16,18). The molecule has 106 valence electrons. The third-order valence-electron chi connectivity index (χ3n) is 3.58. The van der Waals surface area contributed by atoms with Gasteiger partial charge in [-0.05, 0) is 24.5 Å². The minimum Gasteiger partial charge on any atom is -0.350 e. The number of pyridine rings is 1. The fourth-order valence-corrected chi connectivity index (χ4v) is 3.42. The van der Waals surface area contributed by atoms with Crippen LogP contribution in [0.4, 0.5) is 0 Å². The Bertz CT molecular complexity index is 504. The molecule has 1 aromatic heterocycles. The van der Waals surface area contributed by atoms with Crippen LogP contribution in [0.25, 0.3) is 0 Å². The molecule has 1 unspecified atom stereocenters. The van der Waals surface area contributed by atoms with Crippen LogP contribution >= 0.6 is 11.8 Å². The predicted octanol–water partition coefficient (Wildman–Crippen LogP) is 1.01. The van der Waals surface area contributed by atoms with Gasteiger partial charge in [0.25, 0.3) is 0 Å². The Labute approximate surface area is 122 Å². The number of hydrogen-bond acceptors (Lipinski definition) is 4. The molecule has 0 radical (unpaired) electrons. The van der Waals surface area contributed by atoms with Crippen LogP contribution in [0, 0.1) is 5.92 Å². The molecule has 0 aromatic carbocycles. The van der Waals surface area contributed by atoms with E-state index in [1.54, 1.807) is 29.1 Å². The van der Waals surface area contributed by atoms with E-state index >= 15 is 0 Å². The van der Waals surface area contributed by atoms with Crippen molar-refractivity contribution in [1.82, 2.24) is 15.2 Å². The average molecular weight is 291 g/mol. The van der Waals surface area contributed by atoms with E-state index in [9.17, 15) is 9.59 Å². The Morgan fingerprint density at radius 1 is 1.45 bits per heavy atom.